The van der Waals surface area contributed by atoms with Gasteiger partial charge in [-0.05, 0) is 19.1 Å². The largest absolute Gasteiger partial charge is 0.486 e. The summed E-state index contributed by atoms with van der Waals surface area (Å²) < 4.78 is 5.73. The number of carbonyl (C=O) groups excluding carboxylic acids is 1. The van der Waals surface area contributed by atoms with Crippen LogP contribution in [-0.4, -0.2) is 20.8 Å². The number of anilines is 1. The zero-order valence-corrected chi connectivity index (χ0v) is 18.6. The smallest absolute Gasteiger partial charge is 0.270 e. The van der Waals surface area contributed by atoms with Crippen molar-refractivity contribution in [3.05, 3.63) is 85.7 Å². The number of nitrogens with zero attached hydrogens (tertiary/aromatic N) is 3. The first kappa shape index (κ1) is 21.6. The van der Waals surface area contributed by atoms with Gasteiger partial charge in [0, 0.05) is 28.5 Å². The number of carbonyl (C=O) groups is 1. The van der Waals surface area contributed by atoms with E-state index in [2.05, 4.69) is 15.3 Å². The molecule has 0 radical (unpaired) electrons. The molecular formula is C22H18N4O4S2. The predicted octanol–water partition coefficient (Wildman–Crippen LogP) is 5.24. The van der Waals surface area contributed by atoms with Crippen molar-refractivity contribution in [2.24, 2.45) is 0 Å². The molecule has 0 bridgehead atoms. The van der Waals surface area contributed by atoms with Crippen LogP contribution in [0.5, 0.6) is 5.75 Å². The number of amides is 1. The van der Waals surface area contributed by atoms with Gasteiger partial charge in [0.25, 0.3) is 5.69 Å². The Morgan fingerprint density at radius 3 is 2.72 bits per heavy atom. The van der Waals surface area contributed by atoms with Crippen molar-refractivity contribution < 1.29 is 14.5 Å². The van der Waals surface area contributed by atoms with E-state index in [1.54, 1.807) is 17.5 Å². The Morgan fingerprint density at radius 2 is 1.94 bits per heavy atom. The first-order valence-corrected chi connectivity index (χ1v) is 11.3. The quantitative estimate of drug-likeness (QED) is 0.281. The van der Waals surface area contributed by atoms with E-state index in [1.807, 2.05) is 36.6 Å². The molecule has 0 unspecified atom stereocenters. The Morgan fingerprint density at radius 1 is 1.12 bits per heavy atom. The highest BCUT2D eigenvalue weighted by atomic mass is 32.1. The van der Waals surface area contributed by atoms with E-state index >= 15 is 0 Å². The van der Waals surface area contributed by atoms with E-state index in [9.17, 15) is 14.9 Å². The van der Waals surface area contributed by atoms with Gasteiger partial charge in [-0.25, -0.2) is 9.97 Å². The lowest BCUT2D eigenvalue weighted by atomic mass is 10.1. The maximum atomic E-state index is 12.4. The van der Waals surface area contributed by atoms with Crippen molar-refractivity contribution in [2.45, 2.75) is 20.0 Å². The number of aryl methyl sites for hydroxylation is 1. The zero-order chi connectivity index (χ0) is 22.5. The molecule has 32 heavy (non-hydrogen) atoms. The van der Waals surface area contributed by atoms with Gasteiger partial charge in [-0.15, -0.1) is 22.7 Å². The number of benzene rings is 2. The van der Waals surface area contributed by atoms with E-state index in [-0.39, 0.29) is 18.0 Å². The van der Waals surface area contributed by atoms with Gasteiger partial charge in [0.1, 0.15) is 17.4 Å². The van der Waals surface area contributed by atoms with Crippen molar-refractivity contribution >= 4 is 39.4 Å². The van der Waals surface area contributed by atoms with E-state index in [1.165, 1.54) is 34.8 Å². The van der Waals surface area contributed by atoms with E-state index in [0.29, 0.717) is 28.7 Å². The second-order valence-electron chi connectivity index (χ2n) is 6.90. The third-order valence-electron chi connectivity index (χ3n) is 4.43. The molecule has 1 amide bonds. The van der Waals surface area contributed by atoms with Gasteiger partial charge in [-0.1, -0.05) is 29.8 Å². The average molecular weight is 467 g/mol. The highest BCUT2D eigenvalue weighted by molar-refractivity contribution is 7.14. The Balaban J connectivity index is 1.32. The minimum Gasteiger partial charge on any atom is -0.486 e. The number of hydrogen-bond acceptors (Lipinski definition) is 8. The average Bonchev–Trinajstić information content (AvgIpc) is 3.43. The molecule has 2 aromatic heterocycles. The fourth-order valence-corrected chi connectivity index (χ4v) is 4.29. The molecule has 4 aromatic rings. The lowest BCUT2D eigenvalue weighted by Gasteiger charge is -2.04. The van der Waals surface area contributed by atoms with E-state index in [0.717, 1.165) is 16.3 Å². The molecule has 0 aliphatic rings. The van der Waals surface area contributed by atoms with Crippen LogP contribution in [0.2, 0.25) is 0 Å². The lowest BCUT2D eigenvalue weighted by molar-refractivity contribution is -0.384. The molecule has 8 nitrogen and oxygen atoms in total. The second kappa shape index (κ2) is 9.67. The molecule has 0 aliphatic heterocycles. The highest BCUT2D eigenvalue weighted by Crippen LogP contribution is 2.27. The summed E-state index contributed by atoms with van der Waals surface area (Å²) in [5.41, 5.74) is 3.00. The van der Waals surface area contributed by atoms with Crippen molar-refractivity contribution in [3.8, 4) is 17.0 Å². The van der Waals surface area contributed by atoms with Crippen LogP contribution in [0.1, 0.15) is 16.3 Å². The number of non-ortho nitro benzene ring substituents is 1. The van der Waals surface area contributed by atoms with Crippen LogP contribution in [0.15, 0.2) is 59.3 Å². The molecule has 0 spiro atoms. The second-order valence-corrected chi connectivity index (χ2v) is 8.71. The molecule has 2 heterocycles. The SMILES string of the molecule is Cc1ccc(OCc2nc(CC(=O)Nc3nc(-c4cccc([N+](=O)[O-])c4)cs3)cs2)cc1. The molecule has 162 valence electrons. The fraction of sp³-hybridized carbons (Fsp3) is 0.136. The summed E-state index contributed by atoms with van der Waals surface area (Å²) in [4.78, 5) is 31.7. The highest BCUT2D eigenvalue weighted by Gasteiger charge is 2.13. The minimum atomic E-state index is -0.452. The lowest BCUT2D eigenvalue weighted by Crippen LogP contribution is -2.14. The van der Waals surface area contributed by atoms with Crippen LogP contribution in [0, 0.1) is 17.0 Å². The van der Waals surface area contributed by atoms with Crippen LogP contribution < -0.4 is 10.1 Å². The van der Waals surface area contributed by atoms with Crippen molar-refractivity contribution in [2.75, 3.05) is 5.32 Å². The van der Waals surface area contributed by atoms with Gasteiger partial charge in [0.05, 0.1) is 22.7 Å². The maximum absolute atomic E-state index is 12.4. The summed E-state index contributed by atoms with van der Waals surface area (Å²) in [6.45, 7) is 2.36. The minimum absolute atomic E-state index is 0.00761. The molecule has 4 rings (SSSR count). The number of nitro groups is 1. The Bertz CT molecular complexity index is 1250. The van der Waals surface area contributed by atoms with Crippen molar-refractivity contribution in [1.82, 2.24) is 9.97 Å². The van der Waals surface area contributed by atoms with Gasteiger partial charge in [0.15, 0.2) is 5.13 Å². The zero-order valence-electron chi connectivity index (χ0n) is 17.0. The molecule has 0 saturated carbocycles. The van der Waals surface area contributed by atoms with Gasteiger partial charge < -0.3 is 10.1 Å². The topological polar surface area (TPSA) is 107 Å². The summed E-state index contributed by atoms with van der Waals surface area (Å²) in [5.74, 6) is 0.537. The van der Waals surface area contributed by atoms with E-state index in [4.69, 9.17) is 4.74 Å². The molecule has 0 saturated heterocycles. The number of thiazole rings is 2. The summed E-state index contributed by atoms with van der Waals surface area (Å²) in [6.07, 6.45) is 0.118. The number of ether oxygens (including phenoxy) is 1. The van der Waals surface area contributed by atoms with Crippen molar-refractivity contribution in [3.63, 3.8) is 0 Å². The Kier molecular flexibility index (Phi) is 6.52. The molecule has 10 heteroatoms. The van der Waals surface area contributed by atoms with Crippen LogP contribution in [0.3, 0.4) is 0 Å². The van der Waals surface area contributed by atoms with E-state index < -0.39 is 4.92 Å². The number of nitrogens with one attached hydrogen (secondary N) is 1. The van der Waals surface area contributed by atoms with Gasteiger partial charge in [-0.2, -0.15) is 0 Å². The Hall–Kier alpha value is -3.63. The number of rotatable bonds is 8. The molecule has 0 aliphatic carbocycles. The molecule has 1 N–H and O–H groups in total. The number of hydrogen-bond donors (Lipinski definition) is 1. The number of aromatic nitrogens is 2. The van der Waals surface area contributed by atoms with Crippen LogP contribution >= 0.6 is 22.7 Å². The summed E-state index contributed by atoms with van der Waals surface area (Å²) in [5, 5.41) is 18.5. The normalized spacial score (nSPS) is 10.7. The third-order valence-corrected chi connectivity index (χ3v) is 6.06. The van der Waals surface area contributed by atoms with Crippen LogP contribution in [0.4, 0.5) is 10.8 Å². The fourth-order valence-electron chi connectivity index (χ4n) is 2.85. The predicted molar refractivity (Wildman–Crippen MR) is 124 cm³/mol. The van der Waals surface area contributed by atoms with Gasteiger partial charge in [0.2, 0.25) is 5.91 Å². The van der Waals surface area contributed by atoms with Crippen molar-refractivity contribution in [1.29, 1.82) is 0 Å². The maximum Gasteiger partial charge on any atom is 0.270 e. The third kappa shape index (κ3) is 5.54. The molecular weight excluding hydrogens is 448 g/mol. The van der Waals surface area contributed by atoms with Crippen LogP contribution in [-0.2, 0) is 17.8 Å². The van der Waals surface area contributed by atoms with Crippen LogP contribution in [0.25, 0.3) is 11.3 Å². The van der Waals surface area contributed by atoms with Gasteiger partial charge in [-0.3, -0.25) is 14.9 Å². The standard InChI is InChI=1S/C22H18N4O4S2/c1-14-5-7-18(8-6-14)30-11-21-23-16(12-31-21)10-20(27)25-22-24-19(13-32-22)15-3-2-4-17(9-15)26(28)29/h2-9,12-13H,10-11H2,1H3,(H,24,25,27). The molecule has 2 aromatic carbocycles. The first-order valence-electron chi connectivity index (χ1n) is 9.59. The first-order chi connectivity index (χ1) is 15.5. The monoisotopic (exact) mass is 466 g/mol. The Labute approximate surface area is 191 Å². The summed E-state index contributed by atoms with van der Waals surface area (Å²) >= 11 is 2.70. The number of nitro benzene ring substituents is 1. The van der Waals surface area contributed by atoms with Gasteiger partial charge >= 0.3 is 0 Å². The molecule has 0 atom stereocenters. The molecule has 0 fully saturated rings. The summed E-state index contributed by atoms with van der Waals surface area (Å²) in [6, 6.07) is 14.0. The summed E-state index contributed by atoms with van der Waals surface area (Å²) in [7, 11) is 0.